The van der Waals surface area contributed by atoms with E-state index in [1.165, 1.54) is 13.2 Å². The first-order valence-corrected chi connectivity index (χ1v) is 7.27. The fourth-order valence-electron chi connectivity index (χ4n) is 1.49. The number of carbonyl (C=O) groups excluding carboxylic acids is 1. The molecule has 0 aromatic heterocycles. The number of hydrogen-bond acceptors (Lipinski definition) is 6. The van der Waals surface area contributed by atoms with Crippen molar-refractivity contribution in [1.29, 1.82) is 0 Å². The molecule has 5 N–H and O–H groups in total. The van der Waals surface area contributed by atoms with E-state index >= 15 is 0 Å². The van der Waals surface area contributed by atoms with Gasteiger partial charge in [-0.3, -0.25) is 0 Å². The number of nitrogen functional groups attached to an aromatic ring is 1. The normalized spacial score (nSPS) is 11.1. The van der Waals surface area contributed by atoms with Crippen molar-refractivity contribution in [3.63, 3.8) is 0 Å². The third-order valence-corrected chi connectivity index (χ3v) is 3.23. The summed E-state index contributed by atoms with van der Waals surface area (Å²) in [5.74, 6) is -0.635. The van der Waals surface area contributed by atoms with Crippen molar-refractivity contribution in [1.82, 2.24) is 0 Å². The molecular formula is C11H17N3O4S. The topological polar surface area (TPSA) is 125 Å². The summed E-state index contributed by atoms with van der Waals surface area (Å²) >= 11 is 0. The lowest BCUT2D eigenvalue weighted by Crippen LogP contribution is -2.19. The number of carbonyl (C=O) groups is 1. The minimum atomic E-state index is -3.47. The molecule has 0 radical (unpaired) electrons. The summed E-state index contributed by atoms with van der Waals surface area (Å²) in [6, 6.07) is 4.76. The van der Waals surface area contributed by atoms with Crippen LogP contribution in [0.25, 0.3) is 0 Å². The molecular weight excluding hydrogens is 270 g/mol. The van der Waals surface area contributed by atoms with E-state index in [4.69, 9.17) is 10.9 Å². The fraction of sp³-hybridized carbons (Fsp3) is 0.364. The number of ether oxygens (including phenoxy) is 1. The third-order valence-electron chi connectivity index (χ3n) is 2.37. The van der Waals surface area contributed by atoms with Gasteiger partial charge in [-0.1, -0.05) is 0 Å². The Hall–Kier alpha value is -1.80. The molecule has 0 atom stereocenters. The lowest BCUT2D eigenvalue weighted by Gasteiger charge is -2.11. The van der Waals surface area contributed by atoms with E-state index in [0.29, 0.717) is 29.9 Å². The molecule has 0 aliphatic carbocycles. The molecule has 0 heterocycles. The average Bonchev–Trinajstić information content (AvgIpc) is 2.33. The van der Waals surface area contributed by atoms with Crippen molar-refractivity contribution in [3.05, 3.63) is 23.8 Å². The van der Waals surface area contributed by atoms with Gasteiger partial charge < -0.3 is 15.8 Å². The van der Waals surface area contributed by atoms with Crippen molar-refractivity contribution in [2.45, 2.75) is 6.42 Å². The highest BCUT2D eigenvalue weighted by Gasteiger charge is 2.12. The highest BCUT2D eigenvalue weighted by atomic mass is 32.2. The van der Waals surface area contributed by atoms with Gasteiger partial charge in [0.05, 0.1) is 18.4 Å². The summed E-state index contributed by atoms with van der Waals surface area (Å²) in [6.07, 6.45) is 0.337. The molecule has 0 bridgehead atoms. The zero-order valence-electron chi connectivity index (χ0n) is 10.5. The van der Waals surface area contributed by atoms with Gasteiger partial charge in [-0.05, 0) is 24.6 Å². The van der Waals surface area contributed by atoms with E-state index < -0.39 is 16.0 Å². The van der Waals surface area contributed by atoms with Gasteiger partial charge in [0.1, 0.15) is 0 Å². The number of methoxy groups -OCH3 is 1. The summed E-state index contributed by atoms with van der Waals surface area (Å²) in [7, 11) is -2.19. The molecule has 19 heavy (non-hydrogen) atoms. The van der Waals surface area contributed by atoms with Gasteiger partial charge >= 0.3 is 5.97 Å². The Morgan fingerprint density at radius 1 is 1.42 bits per heavy atom. The minimum absolute atomic E-state index is 0.122. The second kappa shape index (κ2) is 6.39. The SMILES string of the molecule is COC(=O)c1cc(N)ccc1NCCCS(N)(=O)=O. The predicted octanol–water partition coefficient (Wildman–Crippen LogP) is 0.146. The molecule has 0 aliphatic heterocycles. The van der Waals surface area contributed by atoms with E-state index in [0.717, 1.165) is 0 Å². The molecule has 0 saturated carbocycles. The number of sulfonamides is 1. The molecule has 0 spiro atoms. The monoisotopic (exact) mass is 287 g/mol. The lowest BCUT2D eigenvalue weighted by atomic mass is 10.1. The Labute approximate surface area is 112 Å². The van der Waals surface area contributed by atoms with E-state index in [9.17, 15) is 13.2 Å². The maximum Gasteiger partial charge on any atom is 0.340 e. The number of hydrogen-bond donors (Lipinski definition) is 3. The summed E-state index contributed by atoms with van der Waals surface area (Å²) in [4.78, 5) is 11.5. The number of rotatable bonds is 6. The van der Waals surface area contributed by atoms with Crippen LogP contribution in [0.4, 0.5) is 11.4 Å². The third kappa shape index (κ3) is 5.14. The van der Waals surface area contributed by atoms with Crippen molar-refractivity contribution >= 4 is 27.4 Å². The molecule has 8 heteroatoms. The Bertz CT molecular complexity index is 557. The number of nitrogens with one attached hydrogen (secondary N) is 1. The van der Waals surface area contributed by atoms with Crippen LogP contribution >= 0.6 is 0 Å². The summed E-state index contributed by atoms with van der Waals surface area (Å²) in [6.45, 7) is 0.365. The minimum Gasteiger partial charge on any atom is -0.465 e. The quantitative estimate of drug-likeness (QED) is 0.388. The first kappa shape index (κ1) is 15.3. The molecule has 1 aromatic rings. The van der Waals surface area contributed by atoms with E-state index in [1.54, 1.807) is 12.1 Å². The highest BCUT2D eigenvalue weighted by molar-refractivity contribution is 7.89. The van der Waals surface area contributed by atoms with Crippen LogP contribution < -0.4 is 16.2 Å². The first-order valence-electron chi connectivity index (χ1n) is 5.55. The highest BCUT2D eigenvalue weighted by Crippen LogP contribution is 2.19. The Balaban J connectivity index is 2.70. The zero-order chi connectivity index (χ0) is 14.5. The van der Waals surface area contributed by atoms with Crippen molar-refractivity contribution in [2.24, 2.45) is 5.14 Å². The van der Waals surface area contributed by atoms with Crippen molar-refractivity contribution in [2.75, 3.05) is 30.5 Å². The standard InChI is InChI=1S/C11H17N3O4S/c1-18-11(15)9-7-8(12)3-4-10(9)14-5-2-6-19(13,16)17/h3-4,7,14H,2,5-6,12H2,1H3,(H2,13,16,17). The van der Waals surface area contributed by atoms with E-state index in [1.807, 2.05) is 0 Å². The Morgan fingerprint density at radius 2 is 2.11 bits per heavy atom. The Kier molecular flexibility index (Phi) is 5.13. The molecule has 0 fully saturated rings. The molecule has 7 nitrogen and oxygen atoms in total. The Morgan fingerprint density at radius 3 is 2.68 bits per heavy atom. The predicted molar refractivity (Wildman–Crippen MR) is 73.3 cm³/mol. The largest absolute Gasteiger partial charge is 0.465 e. The van der Waals surface area contributed by atoms with Gasteiger partial charge in [0.2, 0.25) is 10.0 Å². The number of benzene rings is 1. The molecule has 0 unspecified atom stereocenters. The maximum atomic E-state index is 11.5. The fourth-order valence-corrected chi connectivity index (χ4v) is 2.04. The molecule has 0 amide bonds. The van der Waals surface area contributed by atoms with Crippen LogP contribution in [0, 0.1) is 0 Å². The molecule has 1 rings (SSSR count). The van der Waals surface area contributed by atoms with Crippen LogP contribution in [0.2, 0.25) is 0 Å². The number of esters is 1. The number of primary sulfonamides is 1. The van der Waals surface area contributed by atoms with E-state index in [-0.39, 0.29) is 5.75 Å². The van der Waals surface area contributed by atoms with Crippen molar-refractivity contribution in [3.8, 4) is 0 Å². The van der Waals surface area contributed by atoms with Gasteiger partial charge in [0.15, 0.2) is 0 Å². The molecule has 106 valence electrons. The van der Waals surface area contributed by atoms with Crippen LogP contribution in [0.15, 0.2) is 18.2 Å². The van der Waals surface area contributed by atoms with Gasteiger partial charge in [-0.2, -0.15) is 0 Å². The van der Waals surface area contributed by atoms with Crippen LogP contribution in [0.5, 0.6) is 0 Å². The summed E-state index contributed by atoms with van der Waals surface area (Å²) in [5, 5.41) is 7.84. The second-order valence-electron chi connectivity index (χ2n) is 3.94. The average molecular weight is 287 g/mol. The molecule has 0 saturated heterocycles. The lowest BCUT2D eigenvalue weighted by molar-refractivity contribution is 0.0602. The van der Waals surface area contributed by atoms with Crippen LogP contribution in [-0.4, -0.2) is 33.8 Å². The van der Waals surface area contributed by atoms with Gasteiger partial charge in [0.25, 0.3) is 0 Å². The van der Waals surface area contributed by atoms with E-state index in [2.05, 4.69) is 10.1 Å². The molecule has 0 aliphatic rings. The summed E-state index contributed by atoms with van der Waals surface area (Å²) in [5.41, 5.74) is 6.88. The second-order valence-corrected chi connectivity index (χ2v) is 5.68. The van der Waals surface area contributed by atoms with Crippen LogP contribution in [0.3, 0.4) is 0 Å². The van der Waals surface area contributed by atoms with Gasteiger partial charge in [-0.15, -0.1) is 0 Å². The van der Waals surface area contributed by atoms with Crippen molar-refractivity contribution < 1.29 is 17.9 Å². The molecule has 1 aromatic carbocycles. The smallest absolute Gasteiger partial charge is 0.340 e. The first-order chi connectivity index (χ1) is 8.83. The summed E-state index contributed by atoms with van der Waals surface area (Å²) < 4.78 is 26.2. The van der Waals surface area contributed by atoms with Gasteiger partial charge in [0, 0.05) is 17.9 Å². The maximum absolute atomic E-state index is 11.5. The number of nitrogens with two attached hydrogens (primary N) is 2. The zero-order valence-corrected chi connectivity index (χ0v) is 11.4. The number of anilines is 2. The van der Waals surface area contributed by atoms with Gasteiger partial charge in [-0.25, -0.2) is 18.4 Å². The van der Waals surface area contributed by atoms with Crippen LogP contribution in [0.1, 0.15) is 16.8 Å². The van der Waals surface area contributed by atoms with Crippen LogP contribution in [-0.2, 0) is 14.8 Å².